The van der Waals surface area contributed by atoms with Gasteiger partial charge in [0.05, 0.1) is 0 Å². The summed E-state index contributed by atoms with van der Waals surface area (Å²) in [6, 6.07) is 35.9. The molecule has 0 amide bonds. The Kier molecular flexibility index (Phi) is 11.6. The average Bonchev–Trinajstić information content (AvgIpc) is 3.01. The fraction of sp³-hybridized carbons (Fsp3) is 0.273. The Labute approximate surface area is 267 Å². The summed E-state index contributed by atoms with van der Waals surface area (Å²) in [6.07, 6.45) is 14.1. The van der Waals surface area contributed by atoms with Gasteiger partial charge in [0.2, 0.25) is 0 Å². The highest BCUT2D eigenvalue weighted by molar-refractivity contribution is 5.89. The molecule has 0 heterocycles. The van der Waals surface area contributed by atoms with Crippen LogP contribution in [0, 0.1) is 12.3 Å². The zero-order valence-electron chi connectivity index (χ0n) is 27.8. The minimum Gasteiger partial charge on any atom is -0.0995 e. The number of aryl methyl sites for hydroxylation is 3. The van der Waals surface area contributed by atoms with E-state index in [4.69, 9.17) is 0 Å². The number of rotatable bonds is 12. The van der Waals surface area contributed by atoms with Crippen LogP contribution in [-0.2, 0) is 25.7 Å². The lowest BCUT2D eigenvalue weighted by Gasteiger charge is -2.18. The molecule has 0 unspecified atom stereocenters. The summed E-state index contributed by atoms with van der Waals surface area (Å²) in [5, 5.41) is 0. The SMILES string of the molecule is C=C(CCc1ccc(CC)cc1)Cc1ccc(C(=C/C)/C=C(\C=C\c2ccc(C)cc2)c2ccc(CC(C)(C)C)cc2)cc1. The monoisotopic (exact) mass is 578 g/mol. The summed E-state index contributed by atoms with van der Waals surface area (Å²) in [4.78, 5) is 0. The molecule has 0 radical (unpaired) electrons. The van der Waals surface area contributed by atoms with Gasteiger partial charge in [0, 0.05) is 0 Å². The molecule has 0 saturated carbocycles. The molecule has 0 bridgehead atoms. The number of hydrogen-bond donors (Lipinski definition) is 0. The molecule has 0 aliphatic heterocycles. The van der Waals surface area contributed by atoms with Crippen molar-refractivity contribution in [3.05, 3.63) is 172 Å². The Morgan fingerprint density at radius 3 is 1.80 bits per heavy atom. The van der Waals surface area contributed by atoms with Gasteiger partial charge in [-0.1, -0.05) is 161 Å². The highest BCUT2D eigenvalue weighted by Gasteiger charge is 2.11. The smallest absolute Gasteiger partial charge is 0.00697 e. The minimum atomic E-state index is 0.267. The molecule has 0 aromatic heterocycles. The molecule has 0 heteroatoms. The van der Waals surface area contributed by atoms with Gasteiger partial charge in [0.25, 0.3) is 0 Å². The predicted molar refractivity (Wildman–Crippen MR) is 195 cm³/mol. The van der Waals surface area contributed by atoms with Gasteiger partial charge in [-0.05, 0) is 108 Å². The quantitative estimate of drug-likeness (QED) is 0.116. The van der Waals surface area contributed by atoms with Crippen molar-refractivity contribution in [2.75, 3.05) is 0 Å². The fourth-order valence-electron chi connectivity index (χ4n) is 5.47. The summed E-state index contributed by atoms with van der Waals surface area (Å²) < 4.78 is 0. The van der Waals surface area contributed by atoms with Crippen LogP contribution in [0.2, 0.25) is 0 Å². The van der Waals surface area contributed by atoms with Crippen LogP contribution in [0.4, 0.5) is 0 Å². The van der Waals surface area contributed by atoms with Crippen LogP contribution in [-0.4, -0.2) is 0 Å². The van der Waals surface area contributed by atoms with Crippen LogP contribution >= 0.6 is 0 Å². The second kappa shape index (κ2) is 15.5. The van der Waals surface area contributed by atoms with Gasteiger partial charge < -0.3 is 0 Å². The van der Waals surface area contributed by atoms with Gasteiger partial charge in [0.15, 0.2) is 0 Å². The van der Waals surface area contributed by atoms with Crippen LogP contribution in [0.1, 0.15) is 85.5 Å². The average molecular weight is 579 g/mol. The molecule has 4 aromatic carbocycles. The molecule has 4 aromatic rings. The molecule has 0 saturated heterocycles. The van der Waals surface area contributed by atoms with Crippen LogP contribution in [0.5, 0.6) is 0 Å². The Morgan fingerprint density at radius 2 is 1.23 bits per heavy atom. The van der Waals surface area contributed by atoms with Crippen molar-refractivity contribution in [3.63, 3.8) is 0 Å². The fourth-order valence-corrected chi connectivity index (χ4v) is 5.47. The highest BCUT2D eigenvalue weighted by atomic mass is 14.2. The third-order valence-electron chi connectivity index (χ3n) is 8.12. The van der Waals surface area contributed by atoms with E-state index < -0.39 is 0 Å². The van der Waals surface area contributed by atoms with Crippen molar-refractivity contribution in [1.29, 1.82) is 0 Å². The summed E-state index contributed by atoms with van der Waals surface area (Å²) in [6.45, 7) is 17.7. The maximum atomic E-state index is 4.39. The van der Waals surface area contributed by atoms with Crippen molar-refractivity contribution < 1.29 is 0 Å². The molecule has 0 nitrogen and oxygen atoms in total. The highest BCUT2D eigenvalue weighted by Crippen LogP contribution is 2.27. The first kappa shape index (κ1) is 32.7. The normalized spacial score (nSPS) is 12.6. The molecule has 44 heavy (non-hydrogen) atoms. The van der Waals surface area contributed by atoms with Crippen LogP contribution < -0.4 is 0 Å². The molecule has 226 valence electrons. The summed E-state index contributed by atoms with van der Waals surface area (Å²) in [5.74, 6) is 0. The third-order valence-corrected chi connectivity index (χ3v) is 8.12. The molecule has 0 fully saturated rings. The van der Waals surface area contributed by atoms with Gasteiger partial charge >= 0.3 is 0 Å². The van der Waals surface area contributed by atoms with Crippen molar-refractivity contribution in [2.24, 2.45) is 5.41 Å². The molecular formula is C44H50. The molecule has 4 rings (SSSR count). The van der Waals surface area contributed by atoms with Crippen molar-refractivity contribution in [1.82, 2.24) is 0 Å². The van der Waals surface area contributed by atoms with Crippen molar-refractivity contribution >= 4 is 17.2 Å². The van der Waals surface area contributed by atoms with Crippen LogP contribution in [0.25, 0.3) is 17.2 Å². The van der Waals surface area contributed by atoms with Crippen molar-refractivity contribution in [3.8, 4) is 0 Å². The van der Waals surface area contributed by atoms with E-state index in [1.165, 1.54) is 61.2 Å². The summed E-state index contributed by atoms with van der Waals surface area (Å²) >= 11 is 0. The van der Waals surface area contributed by atoms with Crippen molar-refractivity contribution in [2.45, 2.75) is 73.6 Å². The minimum absolute atomic E-state index is 0.267. The zero-order chi connectivity index (χ0) is 31.5. The Balaban J connectivity index is 1.50. The molecular weight excluding hydrogens is 528 g/mol. The molecule has 0 spiro atoms. The van der Waals surface area contributed by atoms with E-state index in [1.54, 1.807) is 0 Å². The van der Waals surface area contributed by atoms with Gasteiger partial charge in [-0.15, -0.1) is 0 Å². The lowest BCUT2D eigenvalue weighted by molar-refractivity contribution is 0.411. The lowest BCUT2D eigenvalue weighted by atomic mass is 9.87. The topological polar surface area (TPSA) is 0 Å². The number of benzene rings is 4. The lowest BCUT2D eigenvalue weighted by Crippen LogP contribution is -2.08. The molecule has 0 atom stereocenters. The third kappa shape index (κ3) is 10.2. The second-order valence-electron chi connectivity index (χ2n) is 13.3. The first-order chi connectivity index (χ1) is 21.1. The maximum absolute atomic E-state index is 4.39. The van der Waals surface area contributed by atoms with E-state index in [2.05, 4.69) is 169 Å². The zero-order valence-corrected chi connectivity index (χ0v) is 27.8. The van der Waals surface area contributed by atoms with E-state index in [9.17, 15) is 0 Å². The van der Waals surface area contributed by atoms with Gasteiger partial charge in [-0.3, -0.25) is 0 Å². The molecule has 0 N–H and O–H groups in total. The Hall–Kier alpha value is -4.16. The van der Waals surface area contributed by atoms with E-state index >= 15 is 0 Å². The Morgan fingerprint density at radius 1 is 0.682 bits per heavy atom. The number of hydrogen-bond acceptors (Lipinski definition) is 0. The van der Waals surface area contributed by atoms with E-state index in [0.717, 1.165) is 32.1 Å². The summed E-state index contributed by atoms with van der Waals surface area (Å²) in [5.41, 5.74) is 14.4. The van der Waals surface area contributed by atoms with E-state index in [1.807, 2.05) is 0 Å². The molecule has 0 aliphatic carbocycles. The second-order valence-corrected chi connectivity index (χ2v) is 13.3. The van der Waals surface area contributed by atoms with Crippen LogP contribution in [0.3, 0.4) is 0 Å². The number of allylic oxidation sites excluding steroid dienone is 6. The molecule has 0 aliphatic rings. The van der Waals surface area contributed by atoms with Gasteiger partial charge in [0.1, 0.15) is 0 Å². The maximum Gasteiger partial charge on any atom is -0.00697 e. The van der Waals surface area contributed by atoms with Crippen LogP contribution in [0.15, 0.2) is 127 Å². The first-order valence-corrected chi connectivity index (χ1v) is 16.2. The predicted octanol–water partition coefficient (Wildman–Crippen LogP) is 12.1. The van der Waals surface area contributed by atoms with Gasteiger partial charge in [-0.25, -0.2) is 0 Å². The van der Waals surface area contributed by atoms with E-state index in [0.29, 0.717) is 0 Å². The largest absolute Gasteiger partial charge is 0.0995 e. The first-order valence-electron chi connectivity index (χ1n) is 16.2. The van der Waals surface area contributed by atoms with E-state index in [-0.39, 0.29) is 5.41 Å². The van der Waals surface area contributed by atoms with Gasteiger partial charge in [-0.2, -0.15) is 0 Å². The standard InChI is InChI=1S/C44H50/c1-8-35-16-18-37(19-17-35)15-12-34(4)30-38-21-25-41(26-22-38)40(9-2)31-43(29-20-36-13-10-33(3)11-14-36)42-27-23-39(24-28-42)32-44(5,6)7/h9-11,13-14,16-29,31H,4,8,12,15,30,32H2,1-3,5-7H3/b29-20+,40-9+,43-31+. The summed E-state index contributed by atoms with van der Waals surface area (Å²) in [7, 11) is 0. The Bertz CT molecular complexity index is 1580.